The number of ether oxygens (including phenoxy) is 2. The van der Waals surface area contributed by atoms with Crippen LogP contribution in [0.5, 0.6) is 0 Å². The SMILES string of the molecule is C=C(C)C(=O)OCCNc1c(-c2ccc(N3CCOCC3)cc2)c(=O)c1=O. The molecule has 0 aliphatic carbocycles. The van der Waals surface area contributed by atoms with Gasteiger partial charge < -0.3 is 19.7 Å². The van der Waals surface area contributed by atoms with Gasteiger partial charge in [0, 0.05) is 30.9 Å². The van der Waals surface area contributed by atoms with Crippen LogP contribution in [0.15, 0.2) is 46.0 Å². The molecule has 1 aliphatic rings. The second-order valence-electron chi connectivity index (χ2n) is 6.40. The van der Waals surface area contributed by atoms with E-state index >= 15 is 0 Å². The first-order valence-corrected chi connectivity index (χ1v) is 8.82. The monoisotopic (exact) mass is 370 g/mol. The number of hydrogen-bond donors (Lipinski definition) is 1. The van der Waals surface area contributed by atoms with Crippen LogP contribution in [0.3, 0.4) is 0 Å². The van der Waals surface area contributed by atoms with E-state index in [1.165, 1.54) is 0 Å². The number of nitrogens with one attached hydrogen (secondary N) is 1. The lowest BCUT2D eigenvalue weighted by atomic mass is 9.98. The van der Waals surface area contributed by atoms with Gasteiger partial charge in [-0.3, -0.25) is 9.59 Å². The van der Waals surface area contributed by atoms with Crippen molar-refractivity contribution in [1.82, 2.24) is 0 Å². The number of carbonyl (C=O) groups excluding carboxylic acids is 1. The molecule has 27 heavy (non-hydrogen) atoms. The Labute approximate surface area is 156 Å². The minimum Gasteiger partial charge on any atom is -0.460 e. The Morgan fingerprint density at radius 2 is 1.85 bits per heavy atom. The number of morpholine rings is 1. The zero-order chi connectivity index (χ0) is 19.4. The average molecular weight is 370 g/mol. The van der Waals surface area contributed by atoms with Gasteiger partial charge in [-0.25, -0.2) is 4.79 Å². The Hall–Kier alpha value is -2.93. The molecule has 0 aromatic heterocycles. The highest BCUT2D eigenvalue weighted by Gasteiger charge is 2.22. The lowest BCUT2D eigenvalue weighted by Gasteiger charge is -2.29. The highest BCUT2D eigenvalue weighted by Crippen LogP contribution is 2.26. The van der Waals surface area contributed by atoms with Crippen molar-refractivity contribution in [2.75, 3.05) is 49.7 Å². The molecule has 3 rings (SSSR count). The number of hydrogen-bond acceptors (Lipinski definition) is 7. The topological polar surface area (TPSA) is 84.9 Å². The van der Waals surface area contributed by atoms with Gasteiger partial charge in [-0.2, -0.15) is 0 Å². The quantitative estimate of drug-likeness (QED) is 0.340. The van der Waals surface area contributed by atoms with Gasteiger partial charge in [0.1, 0.15) is 6.61 Å². The fraction of sp³-hybridized carbons (Fsp3) is 0.350. The second kappa shape index (κ2) is 8.18. The molecule has 0 bridgehead atoms. The predicted molar refractivity (Wildman–Crippen MR) is 104 cm³/mol. The van der Waals surface area contributed by atoms with E-state index in [0.29, 0.717) is 29.9 Å². The van der Waals surface area contributed by atoms with Crippen LogP contribution in [0.2, 0.25) is 0 Å². The molecule has 2 aromatic rings. The molecule has 1 fully saturated rings. The second-order valence-corrected chi connectivity index (χ2v) is 6.40. The molecule has 142 valence electrons. The smallest absolute Gasteiger partial charge is 0.333 e. The number of esters is 1. The highest BCUT2D eigenvalue weighted by atomic mass is 16.5. The van der Waals surface area contributed by atoms with Crippen LogP contribution in [-0.4, -0.2) is 45.4 Å². The molecule has 0 radical (unpaired) electrons. The third-order valence-electron chi connectivity index (χ3n) is 4.43. The van der Waals surface area contributed by atoms with E-state index in [4.69, 9.17) is 9.47 Å². The summed E-state index contributed by atoms with van der Waals surface area (Å²) in [5, 5.41) is 2.90. The molecule has 0 atom stereocenters. The Bertz CT molecular complexity index is 904. The molecule has 1 heterocycles. The van der Waals surface area contributed by atoms with Gasteiger partial charge in [-0.05, 0) is 24.6 Å². The molecule has 1 aliphatic heterocycles. The first kappa shape index (κ1) is 18.8. The van der Waals surface area contributed by atoms with Crippen molar-refractivity contribution in [3.63, 3.8) is 0 Å². The Kier molecular flexibility index (Phi) is 5.71. The number of rotatable bonds is 7. The van der Waals surface area contributed by atoms with Crippen LogP contribution in [0.25, 0.3) is 11.1 Å². The molecule has 1 N–H and O–H groups in total. The summed E-state index contributed by atoms with van der Waals surface area (Å²) in [7, 11) is 0. The summed E-state index contributed by atoms with van der Waals surface area (Å²) in [4.78, 5) is 37.5. The first-order valence-electron chi connectivity index (χ1n) is 8.82. The normalized spacial score (nSPS) is 14.2. The van der Waals surface area contributed by atoms with Crippen LogP contribution >= 0.6 is 0 Å². The number of nitrogens with zero attached hydrogens (tertiary/aromatic N) is 1. The summed E-state index contributed by atoms with van der Waals surface area (Å²) in [6.07, 6.45) is 0. The van der Waals surface area contributed by atoms with Gasteiger partial charge in [0.05, 0.1) is 24.5 Å². The molecule has 0 saturated carbocycles. The Morgan fingerprint density at radius 1 is 1.19 bits per heavy atom. The van der Waals surface area contributed by atoms with Crippen molar-refractivity contribution in [3.05, 3.63) is 56.9 Å². The lowest BCUT2D eigenvalue weighted by Crippen LogP contribution is -2.37. The largest absolute Gasteiger partial charge is 0.460 e. The van der Waals surface area contributed by atoms with Gasteiger partial charge in [-0.1, -0.05) is 18.7 Å². The molecule has 0 unspecified atom stereocenters. The van der Waals surface area contributed by atoms with Gasteiger partial charge in [0.2, 0.25) is 10.9 Å². The van der Waals surface area contributed by atoms with Crippen LogP contribution < -0.4 is 21.1 Å². The van der Waals surface area contributed by atoms with Gasteiger partial charge >= 0.3 is 5.97 Å². The number of anilines is 2. The summed E-state index contributed by atoms with van der Waals surface area (Å²) < 4.78 is 10.3. The zero-order valence-corrected chi connectivity index (χ0v) is 15.2. The first-order chi connectivity index (χ1) is 13.0. The van der Waals surface area contributed by atoms with Crippen molar-refractivity contribution in [2.24, 2.45) is 0 Å². The lowest BCUT2D eigenvalue weighted by molar-refractivity contribution is -0.138. The Morgan fingerprint density at radius 3 is 2.48 bits per heavy atom. The maximum Gasteiger partial charge on any atom is 0.333 e. The van der Waals surface area contributed by atoms with E-state index in [1.54, 1.807) is 6.92 Å². The van der Waals surface area contributed by atoms with Crippen molar-refractivity contribution in [2.45, 2.75) is 6.92 Å². The van der Waals surface area contributed by atoms with E-state index in [-0.39, 0.29) is 18.8 Å². The molecule has 7 nitrogen and oxygen atoms in total. The van der Waals surface area contributed by atoms with E-state index in [0.717, 1.165) is 18.8 Å². The van der Waals surface area contributed by atoms with Crippen molar-refractivity contribution >= 4 is 17.3 Å². The summed E-state index contributed by atoms with van der Waals surface area (Å²) >= 11 is 0. The maximum atomic E-state index is 12.0. The maximum absolute atomic E-state index is 12.0. The van der Waals surface area contributed by atoms with E-state index < -0.39 is 16.8 Å². The van der Waals surface area contributed by atoms with Crippen LogP contribution in [0.1, 0.15) is 6.92 Å². The third kappa shape index (κ3) is 4.09. The van der Waals surface area contributed by atoms with Crippen molar-refractivity contribution in [3.8, 4) is 11.1 Å². The van der Waals surface area contributed by atoms with Crippen molar-refractivity contribution in [1.29, 1.82) is 0 Å². The molecule has 0 amide bonds. The summed E-state index contributed by atoms with van der Waals surface area (Å²) in [5.74, 6) is -0.485. The predicted octanol–water partition coefficient (Wildman–Crippen LogP) is 1.32. The summed E-state index contributed by atoms with van der Waals surface area (Å²) in [5.41, 5.74) is 1.65. The van der Waals surface area contributed by atoms with Crippen LogP contribution in [0.4, 0.5) is 11.4 Å². The Balaban J connectivity index is 1.66. The minimum atomic E-state index is -0.548. The molecule has 1 saturated heterocycles. The molecular weight excluding hydrogens is 348 g/mol. The molecule has 2 aromatic carbocycles. The molecule has 7 heteroatoms. The fourth-order valence-electron chi connectivity index (χ4n) is 2.94. The highest BCUT2D eigenvalue weighted by molar-refractivity contribution is 5.87. The van der Waals surface area contributed by atoms with Gasteiger partial charge in [0.15, 0.2) is 0 Å². The summed E-state index contributed by atoms with van der Waals surface area (Å²) in [6, 6.07) is 7.56. The van der Waals surface area contributed by atoms with Gasteiger partial charge in [0.25, 0.3) is 0 Å². The average Bonchev–Trinajstić information content (AvgIpc) is 2.70. The number of benzene rings is 1. The minimum absolute atomic E-state index is 0.0832. The fourth-order valence-corrected chi connectivity index (χ4v) is 2.94. The molecular formula is C20H22N2O5. The number of carbonyl (C=O) groups is 1. The summed E-state index contributed by atoms with van der Waals surface area (Å²) in [6.45, 7) is 8.43. The van der Waals surface area contributed by atoms with Crippen molar-refractivity contribution < 1.29 is 14.3 Å². The zero-order valence-electron chi connectivity index (χ0n) is 15.2. The van der Waals surface area contributed by atoms with Crippen LogP contribution in [-0.2, 0) is 14.3 Å². The third-order valence-corrected chi connectivity index (χ3v) is 4.43. The van der Waals surface area contributed by atoms with Gasteiger partial charge in [-0.15, -0.1) is 0 Å². The standard InChI is InChI=1S/C20H22N2O5/c1-13(2)20(25)27-10-7-21-17-16(18(23)19(17)24)14-3-5-15(6-4-14)22-8-11-26-12-9-22/h3-6,21H,1,7-12H2,2H3. The molecule has 0 spiro atoms. The van der Waals surface area contributed by atoms with Crippen LogP contribution in [0, 0.1) is 0 Å². The van der Waals surface area contributed by atoms with E-state index in [1.807, 2.05) is 24.3 Å². The van der Waals surface area contributed by atoms with E-state index in [9.17, 15) is 14.4 Å². The van der Waals surface area contributed by atoms with E-state index in [2.05, 4.69) is 16.8 Å².